The van der Waals surface area contributed by atoms with Crippen molar-refractivity contribution in [3.8, 4) is 0 Å². The lowest BCUT2D eigenvalue weighted by atomic mass is 10.2. The van der Waals surface area contributed by atoms with Crippen LogP contribution in [0.5, 0.6) is 0 Å². The molecule has 0 aromatic heterocycles. The van der Waals surface area contributed by atoms with Crippen molar-refractivity contribution in [2.75, 3.05) is 6.61 Å². The smallest absolute Gasteiger partial charge is 0.114 e. The van der Waals surface area contributed by atoms with Gasteiger partial charge in [-0.2, -0.15) is 0 Å². The van der Waals surface area contributed by atoms with Crippen molar-refractivity contribution in [1.82, 2.24) is 0 Å². The molecule has 0 atom stereocenters. The number of hydrogen-bond donors (Lipinski definition) is 0. The predicted octanol–water partition coefficient (Wildman–Crippen LogP) is 3.47. The van der Waals surface area contributed by atoms with Crippen molar-refractivity contribution < 1.29 is 4.84 Å². The Bertz CT molecular complexity index is 314. The van der Waals surface area contributed by atoms with Crippen molar-refractivity contribution in [2.24, 2.45) is 5.16 Å². The second kappa shape index (κ2) is 5.25. The summed E-state index contributed by atoms with van der Waals surface area (Å²) in [7, 11) is 0. The molecule has 0 aliphatic rings. The zero-order valence-electron chi connectivity index (χ0n) is 7.13. The predicted molar refractivity (Wildman–Crippen MR) is 58.4 cm³/mol. The van der Waals surface area contributed by atoms with Crippen molar-refractivity contribution >= 4 is 33.7 Å². The lowest BCUT2D eigenvalue weighted by Crippen LogP contribution is -1.84. The number of oxime groups is 1. The average Bonchev–Trinajstić information content (AvgIpc) is 2.12. The standard InChI is InChI=1S/C9H9BrClNO/c1-2-13-12-6-7-3-4-9(11)8(10)5-7/h3-6H,2H2,1H3/b12-6+. The molecule has 0 fully saturated rings. The topological polar surface area (TPSA) is 21.6 Å². The van der Waals surface area contributed by atoms with Gasteiger partial charge in [0, 0.05) is 4.47 Å². The molecule has 0 aliphatic heterocycles. The largest absolute Gasteiger partial charge is 0.396 e. The van der Waals surface area contributed by atoms with E-state index in [9.17, 15) is 0 Å². The van der Waals surface area contributed by atoms with Gasteiger partial charge in [-0.25, -0.2) is 0 Å². The van der Waals surface area contributed by atoms with Gasteiger partial charge >= 0.3 is 0 Å². The Morgan fingerprint density at radius 3 is 3.00 bits per heavy atom. The summed E-state index contributed by atoms with van der Waals surface area (Å²) in [6, 6.07) is 5.55. The first-order valence-corrected chi connectivity index (χ1v) is 5.01. The Kier molecular flexibility index (Phi) is 4.25. The maximum absolute atomic E-state index is 5.82. The van der Waals surface area contributed by atoms with Gasteiger partial charge in [-0.05, 0) is 40.5 Å². The lowest BCUT2D eigenvalue weighted by molar-refractivity contribution is 0.160. The SMILES string of the molecule is CCO/N=C/c1ccc(Cl)c(Br)c1. The van der Waals surface area contributed by atoms with Crippen LogP contribution >= 0.6 is 27.5 Å². The molecular formula is C9H9BrClNO. The Balaban J connectivity index is 2.73. The third kappa shape index (κ3) is 3.36. The zero-order valence-corrected chi connectivity index (χ0v) is 9.47. The number of halogens is 2. The summed E-state index contributed by atoms with van der Waals surface area (Å²) in [5.74, 6) is 0. The second-order valence-electron chi connectivity index (χ2n) is 2.33. The second-order valence-corrected chi connectivity index (χ2v) is 3.59. The van der Waals surface area contributed by atoms with Crippen LogP contribution in [0.15, 0.2) is 27.8 Å². The van der Waals surface area contributed by atoms with Crippen molar-refractivity contribution in [2.45, 2.75) is 6.92 Å². The molecule has 2 nitrogen and oxygen atoms in total. The minimum Gasteiger partial charge on any atom is -0.396 e. The summed E-state index contributed by atoms with van der Waals surface area (Å²) in [5, 5.41) is 4.43. The number of hydrogen-bond acceptors (Lipinski definition) is 2. The molecule has 4 heteroatoms. The molecule has 0 spiro atoms. The Labute approximate surface area is 90.7 Å². The van der Waals surface area contributed by atoms with Crippen LogP contribution in [0, 0.1) is 0 Å². The summed E-state index contributed by atoms with van der Waals surface area (Å²) in [5.41, 5.74) is 0.949. The van der Waals surface area contributed by atoms with Gasteiger partial charge in [-0.3, -0.25) is 0 Å². The molecular weight excluding hydrogens is 253 g/mol. The lowest BCUT2D eigenvalue weighted by Gasteiger charge is -1.97. The van der Waals surface area contributed by atoms with Crippen LogP contribution in [0.25, 0.3) is 0 Å². The normalized spacial score (nSPS) is 10.7. The van der Waals surface area contributed by atoms with E-state index in [4.69, 9.17) is 16.4 Å². The van der Waals surface area contributed by atoms with Crippen LogP contribution in [-0.2, 0) is 4.84 Å². The highest BCUT2D eigenvalue weighted by Crippen LogP contribution is 2.22. The molecule has 0 radical (unpaired) electrons. The van der Waals surface area contributed by atoms with Crippen molar-refractivity contribution in [3.63, 3.8) is 0 Å². The maximum Gasteiger partial charge on any atom is 0.114 e. The fourth-order valence-electron chi connectivity index (χ4n) is 0.765. The quantitative estimate of drug-likeness (QED) is 0.604. The minimum atomic E-state index is 0.575. The number of rotatable bonds is 3. The molecule has 0 amide bonds. The molecule has 0 saturated carbocycles. The van der Waals surface area contributed by atoms with Crippen LogP contribution in [0.2, 0.25) is 5.02 Å². The molecule has 0 heterocycles. The molecule has 1 aromatic rings. The summed E-state index contributed by atoms with van der Waals surface area (Å²) in [6.07, 6.45) is 1.64. The van der Waals surface area contributed by atoms with E-state index in [1.54, 1.807) is 12.3 Å². The van der Waals surface area contributed by atoms with E-state index in [1.165, 1.54) is 0 Å². The summed E-state index contributed by atoms with van der Waals surface area (Å²) in [4.78, 5) is 4.83. The van der Waals surface area contributed by atoms with Gasteiger partial charge in [-0.1, -0.05) is 22.8 Å². The van der Waals surface area contributed by atoms with Gasteiger partial charge < -0.3 is 4.84 Å². The number of nitrogens with zero attached hydrogens (tertiary/aromatic N) is 1. The Morgan fingerprint density at radius 1 is 1.62 bits per heavy atom. The van der Waals surface area contributed by atoms with Gasteiger partial charge in [0.15, 0.2) is 0 Å². The van der Waals surface area contributed by atoms with Crippen LogP contribution in [0.4, 0.5) is 0 Å². The zero-order chi connectivity index (χ0) is 9.68. The fourth-order valence-corrected chi connectivity index (χ4v) is 1.28. The third-order valence-electron chi connectivity index (χ3n) is 1.35. The summed E-state index contributed by atoms with van der Waals surface area (Å²) in [6.45, 7) is 2.46. The molecule has 0 aliphatic carbocycles. The first kappa shape index (κ1) is 10.5. The molecule has 1 rings (SSSR count). The van der Waals surface area contributed by atoms with Crippen molar-refractivity contribution in [1.29, 1.82) is 0 Å². The van der Waals surface area contributed by atoms with Crippen LogP contribution in [0.3, 0.4) is 0 Å². The minimum absolute atomic E-state index is 0.575. The summed E-state index contributed by atoms with van der Waals surface area (Å²) < 4.78 is 0.856. The summed E-state index contributed by atoms with van der Waals surface area (Å²) >= 11 is 9.14. The van der Waals surface area contributed by atoms with E-state index < -0.39 is 0 Å². The molecule has 1 aromatic carbocycles. The van der Waals surface area contributed by atoms with Gasteiger partial charge in [-0.15, -0.1) is 0 Å². The highest BCUT2D eigenvalue weighted by molar-refractivity contribution is 9.10. The van der Waals surface area contributed by atoms with Crippen LogP contribution in [-0.4, -0.2) is 12.8 Å². The van der Waals surface area contributed by atoms with E-state index in [-0.39, 0.29) is 0 Å². The van der Waals surface area contributed by atoms with Crippen LogP contribution < -0.4 is 0 Å². The molecule has 0 unspecified atom stereocenters. The first-order chi connectivity index (χ1) is 6.24. The third-order valence-corrected chi connectivity index (χ3v) is 2.56. The molecule has 0 saturated heterocycles. The molecule has 0 N–H and O–H groups in total. The molecule has 70 valence electrons. The van der Waals surface area contributed by atoms with Gasteiger partial charge in [0.1, 0.15) is 6.61 Å². The van der Waals surface area contributed by atoms with E-state index in [1.807, 2.05) is 19.1 Å². The van der Waals surface area contributed by atoms with E-state index >= 15 is 0 Å². The first-order valence-electron chi connectivity index (χ1n) is 3.84. The van der Waals surface area contributed by atoms with E-state index in [0.717, 1.165) is 10.0 Å². The monoisotopic (exact) mass is 261 g/mol. The van der Waals surface area contributed by atoms with Crippen molar-refractivity contribution in [3.05, 3.63) is 33.3 Å². The van der Waals surface area contributed by atoms with Gasteiger partial charge in [0.2, 0.25) is 0 Å². The Hall–Kier alpha value is -0.540. The van der Waals surface area contributed by atoms with Gasteiger partial charge in [0.05, 0.1) is 11.2 Å². The molecule has 13 heavy (non-hydrogen) atoms. The fraction of sp³-hybridized carbons (Fsp3) is 0.222. The Morgan fingerprint density at radius 2 is 2.38 bits per heavy atom. The average molecular weight is 263 g/mol. The van der Waals surface area contributed by atoms with Gasteiger partial charge in [0.25, 0.3) is 0 Å². The maximum atomic E-state index is 5.82. The highest BCUT2D eigenvalue weighted by Gasteiger charge is 1.96. The van der Waals surface area contributed by atoms with Crippen LogP contribution in [0.1, 0.15) is 12.5 Å². The molecule has 0 bridgehead atoms. The highest BCUT2D eigenvalue weighted by atomic mass is 79.9. The number of benzene rings is 1. The van der Waals surface area contributed by atoms with E-state index in [2.05, 4.69) is 21.1 Å². The van der Waals surface area contributed by atoms with E-state index in [0.29, 0.717) is 11.6 Å².